The fourth-order valence-electron chi connectivity index (χ4n) is 1.83. The molecule has 0 radical (unpaired) electrons. The molecule has 0 saturated carbocycles. The summed E-state index contributed by atoms with van der Waals surface area (Å²) in [5, 5.41) is 3.34. The highest BCUT2D eigenvalue weighted by atomic mass is 35.5. The normalized spacial score (nSPS) is 10.3. The third kappa shape index (κ3) is 5.06. The molecule has 4 nitrogen and oxygen atoms in total. The van der Waals surface area contributed by atoms with Crippen LogP contribution in [0.15, 0.2) is 48.5 Å². The molecule has 0 atom stereocenters. The van der Waals surface area contributed by atoms with Crippen molar-refractivity contribution in [1.29, 1.82) is 0 Å². The Morgan fingerprint density at radius 1 is 1.14 bits per heavy atom. The largest absolute Gasteiger partial charge is 0.491 e. The number of hydrogen-bond donors (Lipinski definition) is 1. The Kier molecular flexibility index (Phi) is 6.25. The predicted molar refractivity (Wildman–Crippen MR) is 87.8 cm³/mol. The van der Waals surface area contributed by atoms with Crippen molar-refractivity contribution in [3.8, 4) is 5.75 Å². The van der Waals surface area contributed by atoms with Gasteiger partial charge in [0.1, 0.15) is 12.4 Å². The number of amides is 1. The van der Waals surface area contributed by atoms with Gasteiger partial charge in [-0.3, -0.25) is 4.79 Å². The van der Waals surface area contributed by atoms with Crippen LogP contribution in [0.1, 0.15) is 17.3 Å². The molecule has 2 rings (SSSR count). The molecule has 0 fully saturated rings. The van der Waals surface area contributed by atoms with Crippen molar-refractivity contribution in [2.45, 2.75) is 6.92 Å². The Morgan fingerprint density at radius 3 is 2.59 bits per heavy atom. The molecule has 116 valence electrons. The van der Waals surface area contributed by atoms with E-state index in [2.05, 4.69) is 5.32 Å². The second-order valence-electron chi connectivity index (χ2n) is 4.53. The predicted octanol–water partition coefficient (Wildman–Crippen LogP) is 4.01. The molecule has 0 bridgehead atoms. The van der Waals surface area contributed by atoms with E-state index in [-0.39, 0.29) is 5.91 Å². The Morgan fingerprint density at radius 2 is 1.91 bits per heavy atom. The van der Waals surface area contributed by atoms with Crippen molar-refractivity contribution >= 4 is 23.2 Å². The van der Waals surface area contributed by atoms with Crippen LogP contribution in [0.5, 0.6) is 5.75 Å². The minimum atomic E-state index is -0.201. The first kappa shape index (κ1) is 16.3. The lowest BCUT2D eigenvalue weighted by Gasteiger charge is -2.08. The molecular weight excluding hydrogens is 302 g/mol. The molecule has 1 amide bonds. The number of nitrogens with one attached hydrogen (secondary N) is 1. The Labute approximate surface area is 135 Å². The van der Waals surface area contributed by atoms with Gasteiger partial charge in [-0.05, 0) is 49.4 Å². The van der Waals surface area contributed by atoms with E-state index in [1.165, 1.54) is 0 Å². The molecule has 2 aromatic rings. The van der Waals surface area contributed by atoms with E-state index in [0.29, 0.717) is 36.1 Å². The van der Waals surface area contributed by atoms with Gasteiger partial charge in [-0.1, -0.05) is 17.7 Å². The van der Waals surface area contributed by atoms with Gasteiger partial charge in [0.05, 0.1) is 6.61 Å². The molecule has 0 unspecified atom stereocenters. The van der Waals surface area contributed by atoms with Gasteiger partial charge in [0.25, 0.3) is 5.91 Å². The van der Waals surface area contributed by atoms with Crippen LogP contribution in [0.4, 0.5) is 5.69 Å². The SMILES string of the molecule is CCOCCOc1ccc(NC(=O)c2cccc(Cl)c2)cc1. The molecule has 1 N–H and O–H groups in total. The van der Waals surface area contributed by atoms with Crippen molar-refractivity contribution in [2.24, 2.45) is 0 Å². The number of hydrogen-bond acceptors (Lipinski definition) is 3. The van der Waals surface area contributed by atoms with Gasteiger partial charge in [-0.2, -0.15) is 0 Å². The molecule has 22 heavy (non-hydrogen) atoms. The van der Waals surface area contributed by atoms with Gasteiger partial charge in [-0.25, -0.2) is 0 Å². The molecule has 0 saturated heterocycles. The first-order chi connectivity index (χ1) is 10.7. The maximum absolute atomic E-state index is 12.1. The fourth-order valence-corrected chi connectivity index (χ4v) is 2.02. The lowest BCUT2D eigenvalue weighted by molar-refractivity contribution is 0.102. The van der Waals surface area contributed by atoms with E-state index in [0.717, 1.165) is 5.75 Å². The van der Waals surface area contributed by atoms with Crippen LogP contribution in [0.2, 0.25) is 5.02 Å². The number of carbonyl (C=O) groups is 1. The summed E-state index contributed by atoms with van der Waals surface area (Å²) >= 11 is 5.88. The standard InChI is InChI=1S/C17H18ClNO3/c1-2-21-10-11-22-16-8-6-15(7-9-16)19-17(20)13-4-3-5-14(18)12-13/h3-9,12H,2,10-11H2,1H3,(H,19,20). The maximum atomic E-state index is 12.1. The second-order valence-corrected chi connectivity index (χ2v) is 4.97. The zero-order chi connectivity index (χ0) is 15.8. The number of carbonyl (C=O) groups excluding carboxylic acids is 1. The van der Waals surface area contributed by atoms with Gasteiger partial charge in [0.15, 0.2) is 0 Å². The topological polar surface area (TPSA) is 47.6 Å². The monoisotopic (exact) mass is 319 g/mol. The second kappa shape index (κ2) is 8.41. The fraction of sp³-hybridized carbons (Fsp3) is 0.235. The Balaban J connectivity index is 1.89. The summed E-state index contributed by atoms with van der Waals surface area (Å²) < 4.78 is 10.7. The van der Waals surface area contributed by atoms with Crippen molar-refractivity contribution in [2.75, 3.05) is 25.1 Å². The molecule has 0 aliphatic heterocycles. The van der Waals surface area contributed by atoms with Crippen molar-refractivity contribution in [3.63, 3.8) is 0 Å². The lowest BCUT2D eigenvalue weighted by atomic mass is 10.2. The zero-order valence-electron chi connectivity index (χ0n) is 12.3. The summed E-state index contributed by atoms with van der Waals surface area (Å²) in [4.78, 5) is 12.1. The Hall–Kier alpha value is -2.04. The van der Waals surface area contributed by atoms with Gasteiger partial charge in [0, 0.05) is 22.9 Å². The van der Waals surface area contributed by atoms with E-state index in [1.54, 1.807) is 48.5 Å². The van der Waals surface area contributed by atoms with E-state index in [9.17, 15) is 4.79 Å². The van der Waals surface area contributed by atoms with Crippen molar-refractivity contribution < 1.29 is 14.3 Å². The number of halogens is 1. The van der Waals surface area contributed by atoms with Crippen molar-refractivity contribution in [3.05, 3.63) is 59.1 Å². The van der Waals surface area contributed by atoms with Gasteiger partial charge < -0.3 is 14.8 Å². The number of benzene rings is 2. The first-order valence-corrected chi connectivity index (χ1v) is 7.44. The summed E-state index contributed by atoms with van der Waals surface area (Å²) in [6, 6.07) is 14.0. The van der Waals surface area contributed by atoms with Crippen molar-refractivity contribution in [1.82, 2.24) is 0 Å². The molecule has 0 aliphatic rings. The minimum absolute atomic E-state index is 0.201. The number of ether oxygens (including phenoxy) is 2. The highest BCUT2D eigenvalue weighted by Crippen LogP contribution is 2.17. The molecule has 0 spiro atoms. The van der Waals surface area contributed by atoms with Crippen LogP contribution < -0.4 is 10.1 Å². The van der Waals surface area contributed by atoms with E-state index in [4.69, 9.17) is 21.1 Å². The zero-order valence-corrected chi connectivity index (χ0v) is 13.1. The summed E-state index contributed by atoms with van der Waals surface area (Å²) in [7, 11) is 0. The summed E-state index contributed by atoms with van der Waals surface area (Å²) in [6.07, 6.45) is 0. The van der Waals surface area contributed by atoms with Crippen LogP contribution in [0, 0.1) is 0 Å². The van der Waals surface area contributed by atoms with Crippen LogP contribution in [0.25, 0.3) is 0 Å². The molecule has 0 aromatic heterocycles. The van der Waals surface area contributed by atoms with E-state index < -0.39 is 0 Å². The maximum Gasteiger partial charge on any atom is 0.255 e. The third-order valence-electron chi connectivity index (χ3n) is 2.90. The van der Waals surface area contributed by atoms with Gasteiger partial charge in [0.2, 0.25) is 0 Å². The quantitative estimate of drug-likeness (QED) is 0.784. The van der Waals surface area contributed by atoms with Gasteiger partial charge >= 0.3 is 0 Å². The number of rotatable bonds is 7. The Bertz CT molecular complexity index is 614. The lowest BCUT2D eigenvalue weighted by Crippen LogP contribution is -2.11. The summed E-state index contributed by atoms with van der Waals surface area (Å²) in [5.74, 6) is 0.535. The third-order valence-corrected chi connectivity index (χ3v) is 3.13. The molecular formula is C17H18ClNO3. The molecule has 0 aliphatic carbocycles. The molecule has 2 aromatic carbocycles. The van der Waals surface area contributed by atoms with Gasteiger partial charge in [-0.15, -0.1) is 0 Å². The van der Waals surface area contributed by atoms with E-state index >= 15 is 0 Å². The average Bonchev–Trinajstić information content (AvgIpc) is 2.53. The average molecular weight is 320 g/mol. The van der Waals surface area contributed by atoms with E-state index in [1.807, 2.05) is 6.92 Å². The van der Waals surface area contributed by atoms with Crippen LogP contribution in [-0.4, -0.2) is 25.7 Å². The minimum Gasteiger partial charge on any atom is -0.491 e. The van der Waals surface area contributed by atoms with Crippen LogP contribution in [-0.2, 0) is 4.74 Å². The van der Waals surface area contributed by atoms with Crippen LogP contribution in [0.3, 0.4) is 0 Å². The smallest absolute Gasteiger partial charge is 0.255 e. The first-order valence-electron chi connectivity index (χ1n) is 7.06. The molecule has 0 heterocycles. The summed E-state index contributed by atoms with van der Waals surface area (Å²) in [5.41, 5.74) is 1.21. The van der Waals surface area contributed by atoms with Crippen LogP contribution >= 0.6 is 11.6 Å². The highest BCUT2D eigenvalue weighted by molar-refractivity contribution is 6.31. The highest BCUT2D eigenvalue weighted by Gasteiger charge is 2.06. The summed E-state index contributed by atoms with van der Waals surface area (Å²) in [6.45, 7) is 3.68. The molecule has 5 heteroatoms. The number of anilines is 1.